The Balaban J connectivity index is 2.33. The first kappa shape index (κ1) is 16.1. The van der Waals surface area contributed by atoms with Crippen LogP contribution in [0.4, 0.5) is 0 Å². The molecule has 0 bridgehead atoms. The topological polar surface area (TPSA) is 58.6 Å². The summed E-state index contributed by atoms with van der Waals surface area (Å²) in [6.45, 7) is 2.48. The van der Waals surface area contributed by atoms with Crippen molar-refractivity contribution in [3.8, 4) is 5.75 Å². The van der Waals surface area contributed by atoms with Crippen LogP contribution in [0.25, 0.3) is 0 Å². The van der Waals surface area contributed by atoms with Crippen LogP contribution in [-0.4, -0.2) is 30.8 Å². The molecule has 0 fully saturated rings. The van der Waals surface area contributed by atoms with E-state index in [0.29, 0.717) is 28.8 Å². The van der Waals surface area contributed by atoms with Crippen molar-refractivity contribution in [2.75, 3.05) is 19.8 Å². The van der Waals surface area contributed by atoms with Crippen molar-refractivity contribution >= 4 is 29.1 Å². The number of hydrogen-bond acceptors (Lipinski definition) is 3. The predicted molar refractivity (Wildman–Crippen MR) is 75.8 cm³/mol. The largest absolute Gasteiger partial charge is 0.482 e. The van der Waals surface area contributed by atoms with Crippen molar-refractivity contribution in [1.29, 1.82) is 0 Å². The smallest absolute Gasteiger partial charge is 0.257 e. The van der Waals surface area contributed by atoms with E-state index in [1.165, 1.54) is 0 Å². The summed E-state index contributed by atoms with van der Waals surface area (Å²) < 4.78 is 5.29. The van der Waals surface area contributed by atoms with Crippen molar-refractivity contribution in [2.24, 2.45) is 5.92 Å². The van der Waals surface area contributed by atoms with Crippen LogP contribution >= 0.6 is 23.2 Å². The Morgan fingerprint density at radius 1 is 1.47 bits per heavy atom. The Morgan fingerprint density at radius 2 is 2.21 bits per heavy atom. The van der Waals surface area contributed by atoms with E-state index >= 15 is 0 Å². The lowest BCUT2D eigenvalue weighted by Gasteiger charge is -2.12. The van der Waals surface area contributed by atoms with Crippen LogP contribution in [0.3, 0.4) is 0 Å². The van der Waals surface area contributed by atoms with Crippen molar-refractivity contribution in [1.82, 2.24) is 5.32 Å². The van der Waals surface area contributed by atoms with Gasteiger partial charge in [0.1, 0.15) is 5.75 Å². The van der Waals surface area contributed by atoms with E-state index in [2.05, 4.69) is 5.32 Å². The molecule has 1 rings (SSSR count). The number of aliphatic hydroxyl groups excluding tert-OH is 1. The summed E-state index contributed by atoms with van der Waals surface area (Å²) >= 11 is 11.7. The minimum atomic E-state index is -0.226. The van der Waals surface area contributed by atoms with Crippen molar-refractivity contribution in [3.63, 3.8) is 0 Å². The monoisotopic (exact) mass is 305 g/mol. The molecule has 0 aromatic heterocycles. The van der Waals surface area contributed by atoms with Crippen molar-refractivity contribution in [3.05, 3.63) is 28.2 Å². The number of carbonyl (C=O) groups is 1. The number of rotatable bonds is 7. The summed E-state index contributed by atoms with van der Waals surface area (Å²) in [7, 11) is 0. The van der Waals surface area contributed by atoms with Gasteiger partial charge >= 0.3 is 0 Å². The minimum absolute atomic E-state index is 0.104. The Morgan fingerprint density at radius 3 is 2.84 bits per heavy atom. The van der Waals surface area contributed by atoms with Gasteiger partial charge in [-0.3, -0.25) is 4.79 Å². The van der Waals surface area contributed by atoms with Gasteiger partial charge in [-0.2, -0.15) is 0 Å². The third-order valence-corrected chi connectivity index (χ3v) is 3.05. The molecule has 0 heterocycles. The number of hydrogen-bond donors (Lipinski definition) is 2. The summed E-state index contributed by atoms with van der Waals surface area (Å²) in [4.78, 5) is 11.5. The number of amides is 1. The van der Waals surface area contributed by atoms with Crippen LogP contribution in [0, 0.1) is 5.92 Å². The number of carbonyl (C=O) groups excluding carboxylic acids is 1. The van der Waals surface area contributed by atoms with Crippen molar-refractivity contribution < 1.29 is 14.6 Å². The Bertz CT molecular complexity index is 426. The number of ether oxygens (including phenoxy) is 1. The fraction of sp³-hybridized carbons (Fsp3) is 0.462. The quantitative estimate of drug-likeness (QED) is 0.814. The highest BCUT2D eigenvalue weighted by Crippen LogP contribution is 2.27. The fourth-order valence-corrected chi connectivity index (χ4v) is 1.86. The molecule has 0 spiro atoms. The number of nitrogens with one attached hydrogen (secondary N) is 1. The summed E-state index contributed by atoms with van der Waals surface area (Å²) in [5.74, 6) is 0.425. The second-order valence-electron chi connectivity index (χ2n) is 4.28. The van der Waals surface area contributed by atoms with E-state index in [-0.39, 0.29) is 25.0 Å². The number of halogens is 2. The molecule has 0 aliphatic carbocycles. The zero-order valence-corrected chi connectivity index (χ0v) is 12.2. The lowest BCUT2D eigenvalue weighted by Crippen LogP contribution is -2.32. The molecule has 1 aromatic rings. The average Bonchev–Trinajstić information content (AvgIpc) is 2.35. The summed E-state index contributed by atoms with van der Waals surface area (Å²) in [6, 6.07) is 4.82. The van der Waals surface area contributed by atoms with Crippen LogP contribution in [-0.2, 0) is 4.79 Å². The molecular weight excluding hydrogens is 289 g/mol. The molecule has 1 aromatic carbocycles. The molecule has 0 saturated carbocycles. The van der Waals surface area contributed by atoms with E-state index < -0.39 is 0 Å². The van der Waals surface area contributed by atoms with Gasteiger partial charge in [-0.25, -0.2) is 0 Å². The van der Waals surface area contributed by atoms with Crippen LogP contribution < -0.4 is 10.1 Å². The first-order chi connectivity index (χ1) is 9.02. The molecule has 2 N–H and O–H groups in total. The van der Waals surface area contributed by atoms with E-state index in [1.807, 2.05) is 6.92 Å². The summed E-state index contributed by atoms with van der Waals surface area (Å²) in [5, 5.41) is 12.4. The van der Waals surface area contributed by atoms with Gasteiger partial charge in [0.2, 0.25) is 0 Å². The van der Waals surface area contributed by atoms with Crippen LogP contribution in [0.2, 0.25) is 10.0 Å². The van der Waals surface area contributed by atoms with E-state index in [1.54, 1.807) is 18.2 Å². The number of aliphatic hydroxyl groups is 1. The fourth-order valence-electron chi connectivity index (χ4n) is 1.40. The maximum Gasteiger partial charge on any atom is 0.257 e. The lowest BCUT2D eigenvalue weighted by atomic mass is 10.1. The van der Waals surface area contributed by atoms with Crippen LogP contribution in [0.1, 0.15) is 13.3 Å². The highest BCUT2D eigenvalue weighted by Gasteiger charge is 2.08. The molecule has 19 heavy (non-hydrogen) atoms. The maximum absolute atomic E-state index is 11.5. The molecule has 0 saturated heterocycles. The Kier molecular flexibility index (Phi) is 6.99. The highest BCUT2D eigenvalue weighted by molar-refractivity contribution is 6.35. The Labute approximate surface area is 122 Å². The molecule has 1 atom stereocenters. The normalized spacial score (nSPS) is 12.0. The van der Waals surface area contributed by atoms with Gasteiger partial charge in [0.15, 0.2) is 6.61 Å². The standard InChI is InChI=1S/C13H17Cl2NO3/c1-9(4-5-17)7-16-13(18)8-19-12-3-2-10(14)6-11(12)15/h2-3,6,9,17H,4-5,7-8H2,1H3,(H,16,18). The van der Waals surface area contributed by atoms with Crippen LogP contribution in [0.5, 0.6) is 5.75 Å². The zero-order chi connectivity index (χ0) is 14.3. The van der Waals surface area contributed by atoms with Gasteiger partial charge in [-0.1, -0.05) is 30.1 Å². The molecule has 0 aliphatic heterocycles. The van der Waals surface area contributed by atoms with Gasteiger partial charge in [-0.05, 0) is 30.5 Å². The van der Waals surface area contributed by atoms with Gasteiger partial charge < -0.3 is 15.2 Å². The summed E-state index contributed by atoms with van der Waals surface area (Å²) in [6.07, 6.45) is 0.657. The molecule has 1 amide bonds. The third kappa shape index (κ3) is 6.14. The first-order valence-electron chi connectivity index (χ1n) is 5.98. The SMILES string of the molecule is CC(CCO)CNC(=O)COc1ccc(Cl)cc1Cl. The average molecular weight is 306 g/mol. The van der Waals surface area contributed by atoms with E-state index in [4.69, 9.17) is 33.0 Å². The lowest BCUT2D eigenvalue weighted by molar-refractivity contribution is -0.123. The molecule has 0 aliphatic rings. The Hall–Kier alpha value is -0.970. The van der Waals surface area contributed by atoms with E-state index in [9.17, 15) is 4.79 Å². The summed E-state index contributed by atoms with van der Waals surface area (Å²) in [5.41, 5.74) is 0. The first-order valence-corrected chi connectivity index (χ1v) is 6.74. The highest BCUT2D eigenvalue weighted by atomic mass is 35.5. The van der Waals surface area contributed by atoms with E-state index in [0.717, 1.165) is 0 Å². The predicted octanol–water partition coefficient (Wildman–Crippen LogP) is 2.51. The minimum Gasteiger partial charge on any atom is -0.482 e. The molecule has 1 unspecified atom stereocenters. The molecule has 0 radical (unpaired) electrons. The second kappa shape index (κ2) is 8.25. The van der Waals surface area contributed by atoms with Gasteiger partial charge in [0, 0.05) is 18.2 Å². The molecule has 4 nitrogen and oxygen atoms in total. The zero-order valence-electron chi connectivity index (χ0n) is 10.7. The van der Waals surface area contributed by atoms with Gasteiger partial charge in [0.05, 0.1) is 5.02 Å². The molecule has 6 heteroatoms. The second-order valence-corrected chi connectivity index (χ2v) is 5.13. The van der Waals surface area contributed by atoms with Gasteiger partial charge in [0.25, 0.3) is 5.91 Å². The third-order valence-electron chi connectivity index (χ3n) is 2.52. The number of benzene rings is 1. The molecule has 106 valence electrons. The van der Waals surface area contributed by atoms with Crippen molar-refractivity contribution in [2.45, 2.75) is 13.3 Å². The van der Waals surface area contributed by atoms with Gasteiger partial charge in [-0.15, -0.1) is 0 Å². The maximum atomic E-state index is 11.5. The molecular formula is C13H17Cl2NO3. The van der Waals surface area contributed by atoms with Crippen LogP contribution in [0.15, 0.2) is 18.2 Å².